The van der Waals surface area contributed by atoms with Crippen molar-refractivity contribution in [3.63, 3.8) is 0 Å². The summed E-state index contributed by atoms with van der Waals surface area (Å²) in [6.45, 7) is 4.02. The molecule has 0 saturated carbocycles. The van der Waals surface area contributed by atoms with Crippen LogP contribution in [0.1, 0.15) is 17.0 Å². The minimum Gasteiger partial charge on any atom is -0.251 e. The van der Waals surface area contributed by atoms with Gasteiger partial charge in [-0.05, 0) is 35.6 Å². The summed E-state index contributed by atoms with van der Waals surface area (Å²) in [6, 6.07) is 4.06. The van der Waals surface area contributed by atoms with Crippen LogP contribution >= 0.6 is 21.0 Å². The molecule has 1 aliphatic heterocycles. The standard InChI is InChI=1S/C13H11IN2/c1-4-11-7-8-14-16-13(11)12-9(2)5-6-10(3)15-12/h1,5-8H,2-3H3. The minimum absolute atomic E-state index is 0.256. The molecule has 0 aromatic carbocycles. The molecule has 0 unspecified atom stereocenters. The van der Waals surface area contributed by atoms with Crippen molar-refractivity contribution in [2.45, 2.75) is 13.8 Å². The molecule has 0 atom stereocenters. The third-order valence-electron chi connectivity index (χ3n) is 2.29. The molecule has 0 radical (unpaired) electrons. The van der Waals surface area contributed by atoms with Crippen LogP contribution in [0.2, 0.25) is 0 Å². The van der Waals surface area contributed by atoms with Crippen LogP contribution in [0.4, 0.5) is 0 Å². The number of pyridine rings is 1. The van der Waals surface area contributed by atoms with Crippen molar-refractivity contribution in [2.24, 2.45) is 3.15 Å². The SMILES string of the molecule is C#CC1=C(c2nc(C)ccc2C)N=IC=C1. The van der Waals surface area contributed by atoms with Crippen molar-refractivity contribution < 1.29 is 0 Å². The van der Waals surface area contributed by atoms with Gasteiger partial charge in [0.25, 0.3) is 0 Å². The number of allylic oxidation sites excluding steroid dienone is 2. The zero-order valence-corrected chi connectivity index (χ0v) is 11.3. The molecule has 3 heteroatoms. The molecule has 0 spiro atoms. The zero-order valence-electron chi connectivity index (χ0n) is 9.16. The van der Waals surface area contributed by atoms with E-state index in [4.69, 9.17) is 6.42 Å². The van der Waals surface area contributed by atoms with Crippen LogP contribution in [0.3, 0.4) is 0 Å². The molecule has 0 bridgehead atoms. The fraction of sp³-hybridized carbons (Fsp3) is 0.154. The smallest absolute Gasteiger partial charge is 0.111 e. The van der Waals surface area contributed by atoms with Gasteiger partial charge in [-0.2, -0.15) is 0 Å². The van der Waals surface area contributed by atoms with Gasteiger partial charge in [-0.1, -0.05) is 12.0 Å². The first kappa shape index (κ1) is 11.2. The van der Waals surface area contributed by atoms with Gasteiger partial charge in [0.05, 0.1) is 11.3 Å². The van der Waals surface area contributed by atoms with E-state index in [0.29, 0.717) is 0 Å². The largest absolute Gasteiger partial charge is 0.251 e. The summed E-state index contributed by atoms with van der Waals surface area (Å²) in [7, 11) is 0. The second-order valence-corrected chi connectivity index (χ2v) is 5.26. The molecule has 0 amide bonds. The van der Waals surface area contributed by atoms with E-state index >= 15 is 0 Å². The molecule has 0 N–H and O–H groups in total. The number of terminal acetylenes is 1. The van der Waals surface area contributed by atoms with Crippen molar-refractivity contribution in [2.75, 3.05) is 0 Å². The van der Waals surface area contributed by atoms with E-state index in [9.17, 15) is 0 Å². The molecule has 16 heavy (non-hydrogen) atoms. The maximum atomic E-state index is 5.48. The lowest BCUT2D eigenvalue weighted by atomic mass is 10.1. The molecular formula is C13H11IN2. The third kappa shape index (κ3) is 2.12. The van der Waals surface area contributed by atoms with E-state index in [2.05, 4.69) is 24.2 Å². The second-order valence-electron chi connectivity index (χ2n) is 3.50. The average Bonchev–Trinajstić information content (AvgIpc) is 2.32. The summed E-state index contributed by atoms with van der Waals surface area (Å²) in [5, 5.41) is 0. The lowest BCUT2D eigenvalue weighted by Crippen LogP contribution is -1.96. The van der Waals surface area contributed by atoms with Crippen molar-refractivity contribution in [1.82, 2.24) is 4.98 Å². The Morgan fingerprint density at radius 1 is 1.31 bits per heavy atom. The van der Waals surface area contributed by atoms with Crippen LogP contribution in [0.25, 0.3) is 5.70 Å². The number of hydrogen-bond donors (Lipinski definition) is 0. The maximum absolute atomic E-state index is 5.48. The second kappa shape index (κ2) is 4.71. The maximum Gasteiger partial charge on any atom is 0.111 e. The number of nitrogens with zero attached hydrogens (tertiary/aromatic N) is 2. The quantitative estimate of drug-likeness (QED) is 0.571. The van der Waals surface area contributed by atoms with Gasteiger partial charge in [0, 0.05) is 26.7 Å². The Kier molecular flexibility index (Phi) is 3.30. The fourth-order valence-corrected chi connectivity index (χ4v) is 2.89. The number of hydrogen-bond acceptors (Lipinski definition) is 2. The highest BCUT2D eigenvalue weighted by Crippen LogP contribution is 2.29. The highest BCUT2D eigenvalue weighted by molar-refractivity contribution is 14.2. The van der Waals surface area contributed by atoms with Crippen molar-refractivity contribution >= 4 is 26.7 Å². The molecule has 1 aromatic rings. The Hall–Kier alpha value is -1.28. The molecule has 2 heterocycles. The summed E-state index contributed by atoms with van der Waals surface area (Å²) in [5.41, 5.74) is 4.77. The van der Waals surface area contributed by atoms with Gasteiger partial charge in [0.1, 0.15) is 5.70 Å². The van der Waals surface area contributed by atoms with E-state index in [0.717, 1.165) is 28.2 Å². The number of aromatic nitrogens is 1. The van der Waals surface area contributed by atoms with Crippen molar-refractivity contribution in [3.8, 4) is 12.3 Å². The summed E-state index contributed by atoms with van der Waals surface area (Å²) >= 11 is -0.256. The molecule has 80 valence electrons. The van der Waals surface area contributed by atoms with Crippen LogP contribution in [0.5, 0.6) is 0 Å². The van der Waals surface area contributed by atoms with E-state index in [1.165, 1.54) is 0 Å². The van der Waals surface area contributed by atoms with Gasteiger partial charge < -0.3 is 0 Å². The van der Waals surface area contributed by atoms with Crippen LogP contribution in [-0.2, 0) is 0 Å². The van der Waals surface area contributed by atoms with Gasteiger partial charge in [0.2, 0.25) is 0 Å². The van der Waals surface area contributed by atoms with Crippen molar-refractivity contribution in [3.05, 3.63) is 44.8 Å². The summed E-state index contributed by atoms with van der Waals surface area (Å²) < 4.78 is 6.62. The molecule has 0 fully saturated rings. The average molecular weight is 322 g/mol. The summed E-state index contributed by atoms with van der Waals surface area (Å²) in [4.78, 5) is 4.53. The van der Waals surface area contributed by atoms with Crippen LogP contribution in [0.15, 0.2) is 31.0 Å². The molecule has 2 rings (SSSR count). The number of halogens is 1. The van der Waals surface area contributed by atoms with Crippen LogP contribution in [0, 0.1) is 26.2 Å². The predicted octanol–water partition coefficient (Wildman–Crippen LogP) is 3.72. The molecule has 2 nitrogen and oxygen atoms in total. The molecule has 0 aliphatic carbocycles. The van der Waals surface area contributed by atoms with Gasteiger partial charge in [0.15, 0.2) is 0 Å². The Morgan fingerprint density at radius 3 is 2.88 bits per heavy atom. The van der Waals surface area contributed by atoms with E-state index < -0.39 is 0 Å². The third-order valence-corrected chi connectivity index (χ3v) is 3.73. The Labute approximate surface area is 106 Å². The zero-order chi connectivity index (χ0) is 11.5. The first-order valence-corrected chi connectivity index (χ1v) is 7.09. The van der Waals surface area contributed by atoms with Crippen LogP contribution < -0.4 is 0 Å². The monoisotopic (exact) mass is 322 g/mol. The van der Waals surface area contributed by atoms with Crippen LogP contribution in [-0.4, -0.2) is 4.98 Å². The first-order valence-electron chi connectivity index (χ1n) is 4.88. The highest BCUT2D eigenvalue weighted by Gasteiger charge is 2.11. The van der Waals surface area contributed by atoms with E-state index in [-0.39, 0.29) is 21.0 Å². The molecule has 0 saturated heterocycles. The normalized spacial score (nSPS) is 14.6. The Morgan fingerprint density at radius 2 is 2.12 bits per heavy atom. The highest BCUT2D eigenvalue weighted by atomic mass is 127. The lowest BCUT2D eigenvalue weighted by Gasteiger charge is -2.09. The molecule has 1 aromatic heterocycles. The predicted molar refractivity (Wildman–Crippen MR) is 75.1 cm³/mol. The summed E-state index contributed by atoms with van der Waals surface area (Å²) in [5.74, 6) is 2.68. The van der Waals surface area contributed by atoms with Gasteiger partial charge >= 0.3 is 0 Å². The Balaban J connectivity index is 2.65. The van der Waals surface area contributed by atoms with E-state index in [1.807, 2.05) is 26.0 Å². The van der Waals surface area contributed by atoms with Gasteiger partial charge in [-0.15, -0.1) is 6.42 Å². The Bertz CT molecular complexity index is 560. The number of aryl methyl sites for hydroxylation is 2. The fourth-order valence-electron chi connectivity index (χ4n) is 1.44. The van der Waals surface area contributed by atoms with Crippen molar-refractivity contribution in [1.29, 1.82) is 0 Å². The molecular weight excluding hydrogens is 311 g/mol. The molecule has 1 aliphatic rings. The topological polar surface area (TPSA) is 25.2 Å². The van der Waals surface area contributed by atoms with E-state index in [1.54, 1.807) is 0 Å². The van der Waals surface area contributed by atoms with Gasteiger partial charge in [-0.25, -0.2) is 3.15 Å². The minimum atomic E-state index is -0.256. The first-order chi connectivity index (χ1) is 7.72. The summed E-state index contributed by atoms with van der Waals surface area (Å²) in [6.07, 6.45) is 7.47. The van der Waals surface area contributed by atoms with Gasteiger partial charge in [-0.3, -0.25) is 4.98 Å². The number of rotatable bonds is 1. The lowest BCUT2D eigenvalue weighted by molar-refractivity contribution is 1.13.